The van der Waals surface area contributed by atoms with E-state index in [0.29, 0.717) is 6.61 Å². The first kappa shape index (κ1) is 16.0. The molecule has 0 saturated carbocycles. The molecule has 0 unspecified atom stereocenters. The fourth-order valence-electron chi connectivity index (χ4n) is 1.26. The molecule has 0 atom stereocenters. The van der Waals surface area contributed by atoms with Crippen LogP contribution in [0.25, 0.3) is 0 Å². The van der Waals surface area contributed by atoms with Gasteiger partial charge in [0.15, 0.2) is 0 Å². The highest BCUT2D eigenvalue weighted by Crippen LogP contribution is 2.23. The van der Waals surface area contributed by atoms with E-state index in [-0.39, 0.29) is 17.9 Å². The van der Waals surface area contributed by atoms with Crippen LogP contribution in [0, 0.1) is 17.4 Å². The van der Waals surface area contributed by atoms with Crippen LogP contribution in [0.1, 0.15) is 25.0 Å². The van der Waals surface area contributed by atoms with Crippen molar-refractivity contribution in [3.8, 4) is 5.75 Å². The highest BCUT2D eigenvalue weighted by atomic mass is 127. The quantitative estimate of drug-likeness (QED) is 0.843. The van der Waals surface area contributed by atoms with Crippen molar-refractivity contribution in [1.29, 1.82) is 0 Å². The summed E-state index contributed by atoms with van der Waals surface area (Å²) in [5, 5.41) is 0. The van der Waals surface area contributed by atoms with Crippen LogP contribution >= 0.6 is 35.0 Å². The molecule has 0 aliphatic heterocycles. The Morgan fingerprint density at radius 3 is 2.06 bits per heavy atom. The summed E-state index contributed by atoms with van der Waals surface area (Å²) >= 11 is 2.35. The summed E-state index contributed by atoms with van der Waals surface area (Å²) in [6.45, 7) is 8.63. The molecule has 0 spiro atoms. The van der Waals surface area contributed by atoms with E-state index in [0.717, 1.165) is 5.75 Å². The third kappa shape index (κ3) is 4.89. The molecule has 16 heavy (non-hydrogen) atoms. The number of hydrogen-bond acceptors (Lipinski definition) is 2. The van der Waals surface area contributed by atoms with E-state index in [1.54, 1.807) is 0 Å². The van der Waals surface area contributed by atoms with Gasteiger partial charge in [0.2, 0.25) is 0 Å². The smallest absolute Gasteiger partial charge is 0.119 e. The van der Waals surface area contributed by atoms with Crippen molar-refractivity contribution in [3.63, 3.8) is 0 Å². The molecule has 0 fully saturated rings. The zero-order valence-corrected chi connectivity index (χ0v) is 13.1. The molecule has 0 bridgehead atoms. The van der Waals surface area contributed by atoms with Crippen molar-refractivity contribution in [2.24, 2.45) is 5.73 Å². The minimum atomic E-state index is -0.287. The average Bonchev–Trinajstić information content (AvgIpc) is 2.09. The molecule has 2 N–H and O–H groups in total. The molecule has 1 aromatic rings. The van der Waals surface area contributed by atoms with E-state index in [2.05, 4.69) is 48.6 Å². The van der Waals surface area contributed by atoms with E-state index < -0.39 is 0 Å². The predicted molar refractivity (Wildman–Crippen MR) is 79.6 cm³/mol. The molecule has 4 heteroatoms. The lowest BCUT2D eigenvalue weighted by atomic mass is 10.1. The van der Waals surface area contributed by atoms with Crippen molar-refractivity contribution >= 4 is 35.0 Å². The highest BCUT2D eigenvalue weighted by molar-refractivity contribution is 14.1. The van der Waals surface area contributed by atoms with Gasteiger partial charge in [-0.25, -0.2) is 0 Å². The van der Waals surface area contributed by atoms with Crippen LogP contribution in [0.3, 0.4) is 0 Å². The maximum atomic E-state index is 5.86. The number of halogens is 2. The second-order valence-electron chi connectivity index (χ2n) is 4.65. The first-order valence-electron chi connectivity index (χ1n) is 4.98. The van der Waals surface area contributed by atoms with Gasteiger partial charge in [0, 0.05) is 9.11 Å². The fourth-order valence-corrected chi connectivity index (χ4v) is 1.57. The summed E-state index contributed by atoms with van der Waals surface area (Å²) in [6, 6.07) is 4.11. The van der Waals surface area contributed by atoms with Crippen LogP contribution in [0.5, 0.6) is 5.75 Å². The molecular formula is C12H19ClINO. The van der Waals surface area contributed by atoms with Crippen LogP contribution in [-0.4, -0.2) is 12.1 Å². The summed E-state index contributed by atoms with van der Waals surface area (Å²) in [4.78, 5) is 0. The molecule has 0 heterocycles. The predicted octanol–water partition coefficient (Wildman–Crippen LogP) is 3.45. The number of hydrogen-bond donors (Lipinski definition) is 1. The van der Waals surface area contributed by atoms with Crippen molar-refractivity contribution in [2.45, 2.75) is 33.2 Å². The fraction of sp³-hybridized carbons (Fsp3) is 0.500. The van der Waals surface area contributed by atoms with Crippen LogP contribution in [0.4, 0.5) is 0 Å². The minimum absolute atomic E-state index is 0. The van der Waals surface area contributed by atoms with Gasteiger partial charge < -0.3 is 10.5 Å². The summed E-state index contributed by atoms with van der Waals surface area (Å²) < 4.78 is 6.96. The van der Waals surface area contributed by atoms with Gasteiger partial charge in [0.1, 0.15) is 12.4 Å². The van der Waals surface area contributed by atoms with E-state index >= 15 is 0 Å². The standard InChI is InChI=1S/C12H18INO.ClH/c1-8-5-10(6-9(2)11(8)13)15-7-12(3,4)14;/h5-6H,7,14H2,1-4H3;1H. The number of aryl methyl sites for hydroxylation is 2. The molecule has 0 amide bonds. The van der Waals surface area contributed by atoms with E-state index in [1.165, 1.54) is 14.7 Å². The van der Waals surface area contributed by atoms with Crippen LogP contribution in [0.15, 0.2) is 12.1 Å². The number of rotatable bonds is 3. The Morgan fingerprint density at radius 1 is 1.25 bits per heavy atom. The topological polar surface area (TPSA) is 35.2 Å². The molecule has 2 nitrogen and oxygen atoms in total. The third-order valence-corrected chi connectivity index (χ3v) is 3.72. The largest absolute Gasteiger partial charge is 0.492 e. The SMILES string of the molecule is Cc1cc(OCC(C)(C)N)cc(C)c1I.Cl. The molecule has 0 aromatic heterocycles. The molecule has 0 aliphatic rings. The summed E-state index contributed by atoms with van der Waals surface area (Å²) in [5.74, 6) is 0.906. The van der Waals surface area contributed by atoms with Gasteiger partial charge in [-0.2, -0.15) is 0 Å². The molecule has 92 valence electrons. The van der Waals surface area contributed by atoms with Gasteiger partial charge in [0.25, 0.3) is 0 Å². The maximum absolute atomic E-state index is 5.86. The van der Waals surface area contributed by atoms with Gasteiger partial charge in [-0.05, 0) is 73.5 Å². The zero-order valence-electron chi connectivity index (χ0n) is 10.1. The zero-order chi connectivity index (χ0) is 11.6. The van der Waals surface area contributed by atoms with Gasteiger partial charge in [-0.1, -0.05) is 0 Å². The van der Waals surface area contributed by atoms with E-state index in [9.17, 15) is 0 Å². The second-order valence-corrected chi connectivity index (χ2v) is 5.73. The molecule has 0 aliphatic carbocycles. The lowest BCUT2D eigenvalue weighted by Crippen LogP contribution is -2.38. The monoisotopic (exact) mass is 355 g/mol. The van der Waals surface area contributed by atoms with E-state index in [1.807, 2.05) is 13.8 Å². The van der Waals surface area contributed by atoms with Crippen molar-refractivity contribution in [1.82, 2.24) is 0 Å². The Balaban J connectivity index is 0.00000225. The highest BCUT2D eigenvalue weighted by Gasteiger charge is 2.12. The number of nitrogens with two attached hydrogens (primary N) is 1. The Kier molecular flexibility index (Phi) is 6.07. The number of ether oxygens (including phenoxy) is 1. The van der Waals surface area contributed by atoms with Gasteiger partial charge >= 0.3 is 0 Å². The molecule has 0 saturated heterocycles. The van der Waals surface area contributed by atoms with Gasteiger partial charge in [0.05, 0.1) is 0 Å². The summed E-state index contributed by atoms with van der Waals surface area (Å²) in [5.41, 5.74) is 8.08. The Labute approximate surface area is 117 Å². The normalized spacial score (nSPS) is 10.9. The molecular weight excluding hydrogens is 336 g/mol. The van der Waals surface area contributed by atoms with E-state index in [4.69, 9.17) is 10.5 Å². The Hall–Kier alpha value is -0.0000000000000000555. The van der Waals surface area contributed by atoms with Crippen LogP contribution in [0.2, 0.25) is 0 Å². The molecule has 1 rings (SSSR count). The Bertz CT molecular complexity index is 338. The summed E-state index contributed by atoms with van der Waals surface area (Å²) in [7, 11) is 0. The van der Waals surface area contributed by atoms with Crippen molar-refractivity contribution in [3.05, 3.63) is 26.8 Å². The first-order valence-corrected chi connectivity index (χ1v) is 6.06. The lowest BCUT2D eigenvalue weighted by Gasteiger charge is -2.19. The number of benzene rings is 1. The van der Waals surface area contributed by atoms with Crippen LogP contribution < -0.4 is 10.5 Å². The minimum Gasteiger partial charge on any atom is -0.492 e. The van der Waals surface area contributed by atoms with Gasteiger partial charge in [-0.3, -0.25) is 0 Å². The average molecular weight is 356 g/mol. The summed E-state index contributed by atoms with van der Waals surface area (Å²) in [6.07, 6.45) is 0. The lowest BCUT2D eigenvalue weighted by molar-refractivity contribution is 0.243. The van der Waals surface area contributed by atoms with Crippen LogP contribution in [-0.2, 0) is 0 Å². The first-order chi connectivity index (χ1) is 6.79. The second kappa shape index (κ2) is 6.07. The maximum Gasteiger partial charge on any atom is 0.119 e. The molecule has 1 aromatic carbocycles. The Morgan fingerprint density at radius 2 is 1.69 bits per heavy atom. The van der Waals surface area contributed by atoms with Crippen molar-refractivity contribution < 1.29 is 4.74 Å². The molecule has 0 radical (unpaired) electrons. The van der Waals surface area contributed by atoms with Gasteiger partial charge in [-0.15, -0.1) is 12.4 Å². The van der Waals surface area contributed by atoms with Crippen molar-refractivity contribution in [2.75, 3.05) is 6.61 Å². The third-order valence-electron chi connectivity index (χ3n) is 2.02.